The normalized spacial score (nSPS) is 13.0. The third kappa shape index (κ3) is 5.33. The highest BCUT2D eigenvalue weighted by molar-refractivity contribution is 7.25. The van der Waals surface area contributed by atoms with Gasteiger partial charge in [0.25, 0.3) is 0 Å². The maximum Gasteiger partial charge on any atom is 0.0541 e. The van der Waals surface area contributed by atoms with Crippen LogP contribution < -0.4 is 4.90 Å². The summed E-state index contributed by atoms with van der Waals surface area (Å²) in [6.07, 6.45) is 0. The molecule has 0 saturated heterocycles. The van der Waals surface area contributed by atoms with Crippen LogP contribution in [0.15, 0.2) is 206 Å². The molecule has 0 atom stereocenters. The molecule has 1 aliphatic carbocycles. The monoisotopic (exact) mass is 784 g/mol. The van der Waals surface area contributed by atoms with Crippen LogP contribution in [-0.2, 0) is 5.41 Å². The predicted octanol–water partition coefficient (Wildman–Crippen LogP) is 16.3. The van der Waals surface area contributed by atoms with Gasteiger partial charge in [0, 0.05) is 59.0 Å². The number of hydrogen-bond acceptors (Lipinski definition) is 2. The molecule has 11 aromatic rings. The molecule has 0 fully saturated rings. The van der Waals surface area contributed by atoms with E-state index in [1.54, 1.807) is 0 Å². The zero-order valence-electron chi connectivity index (χ0n) is 33.4. The summed E-state index contributed by atoms with van der Waals surface area (Å²) in [5, 5.41) is 5.18. The number of thiophene rings is 1. The fraction of sp³-hybridized carbons (Fsp3) is 0.0526. The molecule has 0 N–H and O–H groups in total. The molecule has 0 radical (unpaired) electrons. The molecule has 1 aliphatic rings. The third-order valence-electron chi connectivity index (χ3n) is 12.8. The summed E-state index contributed by atoms with van der Waals surface area (Å²) in [7, 11) is 0. The van der Waals surface area contributed by atoms with Crippen molar-refractivity contribution < 1.29 is 0 Å². The van der Waals surface area contributed by atoms with Crippen molar-refractivity contribution >= 4 is 70.4 Å². The van der Waals surface area contributed by atoms with E-state index >= 15 is 0 Å². The number of fused-ring (bicyclic) bond motifs is 9. The fourth-order valence-corrected chi connectivity index (χ4v) is 11.0. The lowest BCUT2D eigenvalue weighted by Crippen LogP contribution is -2.16. The Hall–Kier alpha value is -7.20. The zero-order valence-corrected chi connectivity index (χ0v) is 34.2. The molecule has 2 heterocycles. The van der Waals surface area contributed by atoms with E-state index in [0.29, 0.717) is 0 Å². The number of nitrogens with zero attached hydrogens (tertiary/aromatic N) is 2. The minimum atomic E-state index is -0.108. The van der Waals surface area contributed by atoms with Gasteiger partial charge in [-0.05, 0) is 106 Å². The van der Waals surface area contributed by atoms with Gasteiger partial charge in [-0.2, -0.15) is 0 Å². The van der Waals surface area contributed by atoms with Gasteiger partial charge in [-0.3, -0.25) is 0 Å². The molecule has 2 nitrogen and oxygen atoms in total. The number of benzene rings is 9. The molecular weight excluding hydrogens is 745 g/mol. The van der Waals surface area contributed by atoms with Crippen LogP contribution >= 0.6 is 11.3 Å². The molecule has 0 spiro atoms. The van der Waals surface area contributed by atoms with Gasteiger partial charge in [0.15, 0.2) is 0 Å². The number of rotatable bonds is 6. The third-order valence-corrected chi connectivity index (χ3v) is 14.0. The second-order valence-electron chi connectivity index (χ2n) is 16.5. The Labute approximate surface area is 353 Å². The van der Waals surface area contributed by atoms with E-state index in [0.717, 1.165) is 17.1 Å². The Balaban J connectivity index is 0.968. The first-order valence-electron chi connectivity index (χ1n) is 20.8. The molecule has 12 rings (SSSR count). The van der Waals surface area contributed by atoms with E-state index in [4.69, 9.17) is 0 Å². The fourth-order valence-electron chi connectivity index (χ4n) is 9.87. The van der Waals surface area contributed by atoms with Crippen molar-refractivity contribution in [2.24, 2.45) is 0 Å². The van der Waals surface area contributed by atoms with Gasteiger partial charge >= 0.3 is 0 Å². The molecule has 0 unspecified atom stereocenters. The number of aromatic nitrogens is 1. The van der Waals surface area contributed by atoms with Gasteiger partial charge < -0.3 is 9.47 Å². The van der Waals surface area contributed by atoms with Crippen LogP contribution in [0.4, 0.5) is 17.1 Å². The van der Waals surface area contributed by atoms with E-state index in [2.05, 4.69) is 230 Å². The highest BCUT2D eigenvalue weighted by Crippen LogP contribution is 2.51. The van der Waals surface area contributed by atoms with Gasteiger partial charge in [0.05, 0.1) is 16.7 Å². The molecule has 3 heteroatoms. The average molecular weight is 785 g/mol. The topological polar surface area (TPSA) is 8.17 Å². The lowest BCUT2D eigenvalue weighted by atomic mass is 9.82. The maximum absolute atomic E-state index is 2.42. The van der Waals surface area contributed by atoms with Crippen molar-refractivity contribution in [1.82, 2.24) is 4.57 Å². The summed E-state index contributed by atoms with van der Waals surface area (Å²) in [6, 6.07) is 76.1. The largest absolute Gasteiger partial charge is 0.310 e. The van der Waals surface area contributed by atoms with Crippen molar-refractivity contribution in [3.05, 3.63) is 217 Å². The molecule has 0 amide bonds. The Morgan fingerprint density at radius 1 is 0.383 bits per heavy atom. The highest BCUT2D eigenvalue weighted by Gasteiger charge is 2.35. The lowest BCUT2D eigenvalue weighted by molar-refractivity contribution is 0.660. The van der Waals surface area contributed by atoms with Crippen LogP contribution in [0.2, 0.25) is 0 Å². The second-order valence-corrected chi connectivity index (χ2v) is 17.6. The van der Waals surface area contributed by atoms with Crippen LogP contribution in [-0.4, -0.2) is 4.57 Å². The highest BCUT2D eigenvalue weighted by atomic mass is 32.1. The van der Waals surface area contributed by atoms with E-state index in [1.165, 1.54) is 92.2 Å². The summed E-state index contributed by atoms with van der Waals surface area (Å²) in [5.74, 6) is 0. The molecule has 284 valence electrons. The first-order valence-corrected chi connectivity index (χ1v) is 21.6. The van der Waals surface area contributed by atoms with Gasteiger partial charge in [0.1, 0.15) is 0 Å². The Bertz CT molecular complexity index is 3400. The first-order chi connectivity index (χ1) is 29.5. The Kier molecular flexibility index (Phi) is 7.79. The van der Waals surface area contributed by atoms with Crippen LogP contribution in [0, 0.1) is 0 Å². The summed E-state index contributed by atoms with van der Waals surface area (Å²) in [4.78, 5) is 2.42. The number of para-hydroxylation sites is 3. The Morgan fingerprint density at radius 3 is 1.65 bits per heavy atom. The number of anilines is 3. The van der Waals surface area contributed by atoms with Crippen LogP contribution in [0.1, 0.15) is 25.0 Å². The molecule has 2 aromatic heterocycles. The van der Waals surface area contributed by atoms with Gasteiger partial charge in [-0.1, -0.05) is 153 Å². The average Bonchev–Trinajstić information content (AvgIpc) is 3.92. The molecule has 0 bridgehead atoms. The smallest absolute Gasteiger partial charge is 0.0541 e. The van der Waals surface area contributed by atoms with Crippen LogP contribution in [0.5, 0.6) is 0 Å². The predicted molar refractivity (Wildman–Crippen MR) is 257 cm³/mol. The summed E-state index contributed by atoms with van der Waals surface area (Å²) in [5.41, 5.74) is 17.1. The minimum Gasteiger partial charge on any atom is -0.310 e. The Morgan fingerprint density at radius 2 is 0.917 bits per heavy atom. The molecule has 9 aromatic carbocycles. The van der Waals surface area contributed by atoms with E-state index in [1.807, 2.05) is 11.3 Å². The van der Waals surface area contributed by atoms with Crippen LogP contribution in [0.25, 0.3) is 81.0 Å². The van der Waals surface area contributed by atoms with Crippen molar-refractivity contribution in [3.63, 3.8) is 0 Å². The standard InChI is InChI=1S/C57H40N2S/c1-57(2)50-18-8-3-14-44(50)45-34-32-42(36-51(45)57)58(40-28-23-37(24-29-40)39-27-33-49-48-17-7-12-22-55(48)60-56(49)35-39)41-30-25-38(26-31-41)43-13-4-9-19-52(43)59-53-20-10-5-15-46(53)47-16-6-11-21-54(47)59/h3-36H,1-2H3. The van der Waals surface area contributed by atoms with Crippen molar-refractivity contribution in [3.8, 4) is 39.1 Å². The van der Waals surface area contributed by atoms with Crippen molar-refractivity contribution in [2.45, 2.75) is 19.3 Å². The van der Waals surface area contributed by atoms with E-state index < -0.39 is 0 Å². The summed E-state index contributed by atoms with van der Waals surface area (Å²) < 4.78 is 5.07. The van der Waals surface area contributed by atoms with Crippen LogP contribution in [0.3, 0.4) is 0 Å². The lowest BCUT2D eigenvalue weighted by Gasteiger charge is -2.28. The van der Waals surface area contributed by atoms with Gasteiger partial charge in [-0.15, -0.1) is 11.3 Å². The van der Waals surface area contributed by atoms with Crippen molar-refractivity contribution in [1.29, 1.82) is 0 Å². The quantitative estimate of drug-likeness (QED) is 0.163. The summed E-state index contributed by atoms with van der Waals surface area (Å²) >= 11 is 1.87. The summed E-state index contributed by atoms with van der Waals surface area (Å²) in [6.45, 7) is 4.72. The zero-order chi connectivity index (χ0) is 40.0. The number of hydrogen-bond donors (Lipinski definition) is 0. The molecule has 60 heavy (non-hydrogen) atoms. The molecule has 0 saturated carbocycles. The SMILES string of the molecule is CC1(C)c2ccccc2-c2ccc(N(c3ccc(-c4ccc5c(c4)sc4ccccc45)cc3)c3ccc(-c4ccccc4-n4c5ccccc5c5ccccc54)cc3)cc21. The maximum atomic E-state index is 2.42. The minimum absolute atomic E-state index is 0.108. The van der Waals surface area contributed by atoms with Gasteiger partial charge in [0.2, 0.25) is 0 Å². The second kappa shape index (κ2) is 13.4. The first kappa shape index (κ1) is 34.8. The molecular formula is C57H40N2S. The van der Waals surface area contributed by atoms with E-state index in [-0.39, 0.29) is 5.41 Å². The molecule has 0 aliphatic heterocycles. The van der Waals surface area contributed by atoms with Gasteiger partial charge in [-0.25, -0.2) is 0 Å². The van der Waals surface area contributed by atoms with E-state index in [9.17, 15) is 0 Å². The van der Waals surface area contributed by atoms with Crippen molar-refractivity contribution in [2.75, 3.05) is 4.90 Å².